The van der Waals surface area contributed by atoms with Gasteiger partial charge in [-0.05, 0) is 163 Å². The Kier molecular flexibility index (Phi) is 29.7. The molecule has 0 aromatic heterocycles. The third kappa shape index (κ3) is 29.8. The first-order valence-corrected chi connectivity index (χ1v) is 24.0. The lowest BCUT2D eigenvalue weighted by molar-refractivity contribution is -0.138. The molecule has 0 heterocycles. The molecule has 0 aliphatic carbocycles. The van der Waals surface area contributed by atoms with Crippen molar-refractivity contribution in [2.24, 2.45) is 0 Å². The average Bonchev–Trinajstić information content (AvgIpc) is 3.32. The third-order valence-corrected chi connectivity index (χ3v) is 10.3. The van der Waals surface area contributed by atoms with Crippen molar-refractivity contribution in [3.8, 4) is 0 Å². The Morgan fingerprint density at radius 1 is 0.364 bits per heavy atom. The number of carbonyl (C=O) groups is 3. The molecule has 8 aromatic carbocycles. The summed E-state index contributed by atoms with van der Waals surface area (Å²) in [5, 5.41) is 26.9. The number of halogens is 9. The summed E-state index contributed by atoms with van der Waals surface area (Å²) >= 11 is 11.3. The number of carboxylic acids is 3. The van der Waals surface area contributed by atoms with Crippen LogP contribution in [0.5, 0.6) is 0 Å². The number of hydrogen-bond donors (Lipinski definition) is 3. The molecule has 0 atom stereocenters. The summed E-state index contributed by atoms with van der Waals surface area (Å²) in [5.74, 6) is -2.76. The third-order valence-electron chi connectivity index (χ3n) is 9.87. The van der Waals surface area contributed by atoms with Crippen molar-refractivity contribution in [1.82, 2.24) is 0 Å². The van der Waals surface area contributed by atoms with E-state index in [1.807, 2.05) is 83.1 Å². The van der Waals surface area contributed by atoms with Gasteiger partial charge in [-0.15, -0.1) is 0 Å². The number of benzene rings is 8. The van der Waals surface area contributed by atoms with Crippen molar-refractivity contribution < 1.29 is 60.4 Å². The summed E-state index contributed by atoms with van der Waals surface area (Å²) in [4.78, 5) is 31.1. The van der Waals surface area contributed by atoms with Crippen LogP contribution in [0.25, 0.3) is 0 Å². The van der Waals surface area contributed by atoms with Crippen molar-refractivity contribution in [2.45, 2.75) is 74.7 Å². The number of carboxylic acid groups (broad SMARTS) is 3. The first-order chi connectivity index (χ1) is 35.9. The normalized spacial score (nSPS) is 10.0. The van der Waals surface area contributed by atoms with Gasteiger partial charge in [0.15, 0.2) is 0 Å². The molecule has 8 rings (SSSR count). The smallest absolute Gasteiger partial charge is 0.416 e. The highest BCUT2D eigenvalue weighted by Gasteiger charge is 2.31. The highest BCUT2D eigenvalue weighted by atomic mass is 35.5. The average molecular weight is 1110 g/mol. The van der Waals surface area contributed by atoms with Gasteiger partial charge in [0.2, 0.25) is 0 Å². The van der Waals surface area contributed by atoms with E-state index in [1.54, 1.807) is 92.7 Å². The molecular formula is C62H61Cl2F7O6. The molecule has 0 aliphatic rings. The molecule has 8 aromatic rings. The molecule has 0 spiro atoms. The van der Waals surface area contributed by atoms with Crippen LogP contribution < -0.4 is 0 Å². The van der Waals surface area contributed by atoms with E-state index in [2.05, 4.69) is 19.1 Å². The number of hydrogen-bond acceptors (Lipinski definition) is 3. The molecule has 6 nitrogen and oxygen atoms in total. The van der Waals surface area contributed by atoms with Crippen molar-refractivity contribution in [3.05, 3.63) is 282 Å². The first kappa shape index (κ1) is 67.3. The van der Waals surface area contributed by atoms with Gasteiger partial charge < -0.3 is 15.3 Å². The monoisotopic (exact) mass is 1100 g/mol. The van der Waals surface area contributed by atoms with E-state index in [-0.39, 0.29) is 11.4 Å². The zero-order valence-electron chi connectivity index (χ0n) is 43.9. The summed E-state index contributed by atoms with van der Waals surface area (Å²) in [6.07, 6.45) is -8.43. The van der Waals surface area contributed by atoms with Crippen LogP contribution in [0.15, 0.2) is 188 Å². The van der Waals surface area contributed by atoms with Gasteiger partial charge in [0.1, 0.15) is 5.82 Å². The summed E-state index contributed by atoms with van der Waals surface area (Å²) < 4.78 is 84.5. The van der Waals surface area contributed by atoms with E-state index in [4.69, 9.17) is 38.5 Å². The number of aromatic carboxylic acids is 3. The van der Waals surface area contributed by atoms with Crippen LogP contribution in [-0.2, 0) is 12.4 Å². The Hall–Kier alpha value is -7.74. The lowest BCUT2D eigenvalue weighted by Crippen LogP contribution is -2.06. The van der Waals surface area contributed by atoms with E-state index < -0.39 is 41.4 Å². The fourth-order valence-electron chi connectivity index (χ4n) is 6.14. The molecule has 77 heavy (non-hydrogen) atoms. The zero-order valence-corrected chi connectivity index (χ0v) is 45.4. The van der Waals surface area contributed by atoms with Gasteiger partial charge in [-0.2, -0.15) is 26.3 Å². The topological polar surface area (TPSA) is 112 Å². The summed E-state index contributed by atoms with van der Waals surface area (Å²) in [5.41, 5.74) is 8.03. The molecule has 0 unspecified atom stereocenters. The Balaban J connectivity index is 0.000000441. The molecule has 0 saturated heterocycles. The second kappa shape index (κ2) is 34.0. The fourth-order valence-corrected chi connectivity index (χ4v) is 6.78. The minimum atomic E-state index is -4.22. The maximum atomic E-state index is 12.4. The Labute approximate surface area is 456 Å². The van der Waals surface area contributed by atoms with Crippen molar-refractivity contribution >= 4 is 41.1 Å². The lowest BCUT2D eigenvalue weighted by atomic mass is 10.1. The van der Waals surface area contributed by atoms with Gasteiger partial charge in [0.05, 0.1) is 27.8 Å². The van der Waals surface area contributed by atoms with Crippen molar-refractivity contribution in [2.75, 3.05) is 0 Å². The molecule has 0 saturated carbocycles. The summed E-state index contributed by atoms with van der Waals surface area (Å²) in [7, 11) is 0. The molecule has 0 radical (unpaired) electrons. The van der Waals surface area contributed by atoms with Gasteiger partial charge in [0.25, 0.3) is 0 Å². The van der Waals surface area contributed by atoms with Gasteiger partial charge >= 0.3 is 30.3 Å². The van der Waals surface area contributed by atoms with E-state index in [1.165, 1.54) is 42.8 Å². The van der Waals surface area contributed by atoms with Gasteiger partial charge in [-0.25, -0.2) is 18.8 Å². The SMILES string of the molecule is Cc1cc(C)cc(F)c1.Cc1cc(Cl)cc(Cl)c1.Cc1ccc(C(=O)O)cc1.Cc1cccc(C(=O)O)c1.Cc1cccc(C(F)(F)F)c1.Cc1ccccc1.Cc1ccccc1C(=O)O.Cc1ccccc1C(F)(F)F. The lowest BCUT2D eigenvalue weighted by Gasteiger charge is -2.08. The second-order valence-corrected chi connectivity index (χ2v) is 17.9. The van der Waals surface area contributed by atoms with Gasteiger partial charge in [0, 0.05) is 10.0 Å². The van der Waals surface area contributed by atoms with E-state index in [9.17, 15) is 45.1 Å². The Bertz CT molecular complexity index is 2920. The summed E-state index contributed by atoms with van der Waals surface area (Å²) in [6, 6.07) is 51.9. The van der Waals surface area contributed by atoms with Crippen LogP contribution in [0.1, 0.15) is 92.3 Å². The first-order valence-electron chi connectivity index (χ1n) is 23.2. The second-order valence-electron chi connectivity index (χ2n) is 17.1. The largest absolute Gasteiger partial charge is 0.478 e. The van der Waals surface area contributed by atoms with E-state index in [0.29, 0.717) is 32.3 Å². The number of rotatable bonds is 3. The van der Waals surface area contributed by atoms with Crippen LogP contribution in [0, 0.1) is 68.1 Å². The maximum absolute atomic E-state index is 12.4. The highest BCUT2D eigenvalue weighted by molar-refractivity contribution is 6.34. The highest BCUT2D eigenvalue weighted by Crippen LogP contribution is 2.31. The standard InChI is InChI=1S/2C8H7F3.C8H9F.3C8H8O2.C7H6Cl2.C7H8/c1-6-3-2-4-7(5-6)8(9,10)11;1-6-4-2-3-5-7(6)8(9,10)11;1-6-3-7(2)5-8(9)4-6;1-6-2-4-7(5-3-6)8(9)10;1-6-3-2-4-7(5-6)8(9)10;1-6-4-2-3-5-7(6)8(9)10;1-5-2-6(8)4-7(9)3-5;1-7-5-3-2-4-6-7/h2*2-5H,1H3;3-5H,1-2H3;3*2-5H,1H3,(H,9,10);2-4H,1H3;2-6H,1H3. The van der Waals surface area contributed by atoms with Crippen LogP contribution in [0.3, 0.4) is 0 Å². The van der Waals surface area contributed by atoms with Crippen molar-refractivity contribution in [1.29, 1.82) is 0 Å². The van der Waals surface area contributed by atoms with E-state index in [0.717, 1.165) is 51.6 Å². The molecular weight excluding hydrogens is 1040 g/mol. The predicted molar refractivity (Wildman–Crippen MR) is 295 cm³/mol. The number of aryl methyl sites for hydroxylation is 9. The zero-order chi connectivity index (χ0) is 58.5. The van der Waals surface area contributed by atoms with Gasteiger partial charge in [-0.3, -0.25) is 0 Å². The van der Waals surface area contributed by atoms with Crippen molar-refractivity contribution in [3.63, 3.8) is 0 Å². The minimum absolute atomic E-state index is 0.146. The molecule has 0 bridgehead atoms. The molecule has 0 amide bonds. The predicted octanol–water partition coefficient (Wildman–Crippen LogP) is 18.8. The molecule has 3 N–H and O–H groups in total. The molecule has 0 aliphatic heterocycles. The van der Waals surface area contributed by atoms with Gasteiger partial charge in [-0.1, -0.05) is 161 Å². The quantitative estimate of drug-likeness (QED) is 0.152. The summed E-state index contributed by atoms with van der Waals surface area (Å²) in [6.45, 7) is 16.5. The minimum Gasteiger partial charge on any atom is -0.478 e. The van der Waals surface area contributed by atoms with Crippen LogP contribution in [0.4, 0.5) is 30.7 Å². The molecule has 15 heteroatoms. The van der Waals surface area contributed by atoms with Crippen LogP contribution >= 0.6 is 23.2 Å². The fraction of sp³-hybridized carbons (Fsp3) is 0.177. The number of alkyl halides is 6. The molecule has 0 fully saturated rings. The Morgan fingerprint density at radius 2 is 0.792 bits per heavy atom. The van der Waals surface area contributed by atoms with Crippen LogP contribution in [-0.4, -0.2) is 33.2 Å². The van der Waals surface area contributed by atoms with Crippen LogP contribution in [0.2, 0.25) is 10.0 Å². The molecule has 408 valence electrons. The maximum Gasteiger partial charge on any atom is 0.416 e. The Morgan fingerprint density at radius 3 is 1.13 bits per heavy atom. The van der Waals surface area contributed by atoms with E-state index >= 15 is 0 Å².